The molecule has 1 aromatic carbocycles. The largest absolute Gasteiger partial charge is 0.378 e. The minimum absolute atomic E-state index is 0.201. The number of rotatable bonds is 4. The van der Waals surface area contributed by atoms with Gasteiger partial charge < -0.3 is 19.9 Å². The second-order valence-electron chi connectivity index (χ2n) is 8.52. The van der Waals surface area contributed by atoms with E-state index >= 15 is 0 Å². The van der Waals surface area contributed by atoms with E-state index in [2.05, 4.69) is 67.7 Å². The highest BCUT2D eigenvalue weighted by atomic mass is 16.5. The maximum absolute atomic E-state index is 10.3. The van der Waals surface area contributed by atoms with Crippen molar-refractivity contribution in [2.45, 2.75) is 27.2 Å². The molecule has 3 N–H and O–H groups in total. The standard InChI is InChI=1S/C19H22N6O.C5H9NO/c1-13-4-3-5-15(10-13)14(2)23-24-17-11-16(25-6-8-26-9-7-25)18-19(22-17)21-12-20-18;1-4-2-5(7)6-3-4/h3-5,10-12H,6-9H2,1-2H3,(H2,20,21,22,24);4H,2-3H2,1H3,(H,6,7)/b23-14+;/t;4-/m.0/s1. The van der Waals surface area contributed by atoms with Crippen LogP contribution in [0, 0.1) is 12.8 Å². The van der Waals surface area contributed by atoms with E-state index in [4.69, 9.17) is 4.74 Å². The summed E-state index contributed by atoms with van der Waals surface area (Å²) in [6.07, 6.45) is 2.40. The molecule has 0 spiro atoms. The highest BCUT2D eigenvalue weighted by Gasteiger charge is 2.17. The topological polar surface area (TPSA) is 108 Å². The van der Waals surface area contributed by atoms with Crippen molar-refractivity contribution in [1.82, 2.24) is 20.3 Å². The van der Waals surface area contributed by atoms with Crippen molar-refractivity contribution in [3.8, 4) is 0 Å². The van der Waals surface area contributed by atoms with Gasteiger partial charge in [0.05, 0.1) is 30.9 Å². The van der Waals surface area contributed by atoms with Gasteiger partial charge in [-0.25, -0.2) is 9.97 Å². The highest BCUT2D eigenvalue weighted by molar-refractivity contribution is 5.99. The Bertz CT molecular complexity index is 1130. The number of imidazole rings is 1. The first kappa shape index (κ1) is 22.7. The molecule has 3 aromatic rings. The number of H-pyrrole nitrogens is 1. The lowest BCUT2D eigenvalue weighted by Gasteiger charge is -2.29. The van der Waals surface area contributed by atoms with E-state index in [1.165, 1.54) is 5.56 Å². The van der Waals surface area contributed by atoms with Gasteiger partial charge in [-0.15, -0.1) is 0 Å². The number of aromatic amines is 1. The Morgan fingerprint density at radius 2 is 2.09 bits per heavy atom. The fourth-order valence-corrected chi connectivity index (χ4v) is 3.84. The van der Waals surface area contributed by atoms with Crippen molar-refractivity contribution in [2.24, 2.45) is 11.0 Å². The summed E-state index contributed by atoms with van der Waals surface area (Å²) in [6, 6.07) is 10.3. The normalized spacial score (nSPS) is 18.6. The van der Waals surface area contributed by atoms with E-state index in [9.17, 15) is 4.79 Å². The van der Waals surface area contributed by atoms with Crippen molar-refractivity contribution >= 4 is 34.3 Å². The van der Waals surface area contributed by atoms with E-state index in [0.29, 0.717) is 17.4 Å². The number of hydrogen-bond acceptors (Lipinski definition) is 7. The number of hydrazone groups is 1. The number of ether oxygens (including phenoxy) is 1. The van der Waals surface area contributed by atoms with Gasteiger partial charge in [-0.2, -0.15) is 5.10 Å². The smallest absolute Gasteiger partial charge is 0.220 e. The number of amides is 1. The van der Waals surface area contributed by atoms with Gasteiger partial charge in [-0.05, 0) is 25.3 Å². The van der Waals surface area contributed by atoms with Gasteiger partial charge in [0.1, 0.15) is 5.52 Å². The number of pyridine rings is 1. The third kappa shape index (κ3) is 5.87. The lowest BCUT2D eigenvalue weighted by molar-refractivity contribution is -0.119. The number of nitrogens with zero attached hydrogens (tertiary/aromatic N) is 4. The fraction of sp³-hybridized carbons (Fsp3) is 0.417. The van der Waals surface area contributed by atoms with Gasteiger partial charge in [0.15, 0.2) is 11.5 Å². The average molecular weight is 450 g/mol. The Morgan fingerprint density at radius 1 is 1.27 bits per heavy atom. The van der Waals surface area contributed by atoms with Gasteiger partial charge in [0, 0.05) is 32.1 Å². The van der Waals surface area contributed by atoms with Gasteiger partial charge >= 0.3 is 0 Å². The molecule has 174 valence electrons. The first-order chi connectivity index (χ1) is 16.0. The molecule has 2 fully saturated rings. The zero-order valence-corrected chi connectivity index (χ0v) is 19.4. The number of anilines is 2. The molecule has 33 heavy (non-hydrogen) atoms. The zero-order chi connectivity index (χ0) is 23.2. The van der Waals surface area contributed by atoms with Crippen LogP contribution in [0.15, 0.2) is 41.8 Å². The molecular formula is C24H31N7O2. The van der Waals surface area contributed by atoms with Crippen LogP contribution in [0.4, 0.5) is 11.5 Å². The van der Waals surface area contributed by atoms with E-state index in [-0.39, 0.29) is 5.91 Å². The lowest BCUT2D eigenvalue weighted by Crippen LogP contribution is -2.36. The number of aryl methyl sites for hydroxylation is 1. The van der Waals surface area contributed by atoms with Crippen LogP contribution in [0.25, 0.3) is 11.2 Å². The number of benzene rings is 1. The second kappa shape index (κ2) is 10.4. The Labute approximate surface area is 193 Å². The van der Waals surface area contributed by atoms with Gasteiger partial charge in [0.25, 0.3) is 0 Å². The Kier molecular flexibility index (Phi) is 7.19. The quantitative estimate of drug-likeness (QED) is 0.417. The molecule has 2 aromatic heterocycles. The third-order valence-corrected chi connectivity index (χ3v) is 5.68. The second-order valence-corrected chi connectivity index (χ2v) is 8.52. The Hall–Kier alpha value is -3.46. The molecule has 0 unspecified atom stereocenters. The molecular weight excluding hydrogens is 418 g/mol. The van der Waals surface area contributed by atoms with Crippen LogP contribution in [0.3, 0.4) is 0 Å². The van der Waals surface area contributed by atoms with Crippen molar-refractivity contribution in [1.29, 1.82) is 0 Å². The first-order valence-corrected chi connectivity index (χ1v) is 11.3. The molecule has 2 aliphatic rings. The predicted octanol–water partition coefficient (Wildman–Crippen LogP) is 3.08. The summed E-state index contributed by atoms with van der Waals surface area (Å²) >= 11 is 0. The highest BCUT2D eigenvalue weighted by Crippen LogP contribution is 2.27. The molecule has 9 nitrogen and oxygen atoms in total. The first-order valence-electron chi connectivity index (χ1n) is 11.3. The molecule has 2 aliphatic heterocycles. The maximum Gasteiger partial charge on any atom is 0.220 e. The monoisotopic (exact) mass is 449 g/mol. The summed E-state index contributed by atoms with van der Waals surface area (Å²) < 4.78 is 5.46. The SMILES string of the molecule is C/C(=N\Nc1cc(N2CCOCC2)c2[nH]cnc2n1)c1cccc(C)c1.C[C@@H]1CNC(=O)C1. The van der Waals surface area contributed by atoms with Crippen molar-refractivity contribution in [3.63, 3.8) is 0 Å². The minimum Gasteiger partial charge on any atom is -0.378 e. The number of fused-ring (bicyclic) bond motifs is 1. The summed E-state index contributed by atoms with van der Waals surface area (Å²) in [7, 11) is 0. The molecule has 0 aliphatic carbocycles. The van der Waals surface area contributed by atoms with Crippen LogP contribution in [0.2, 0.25) is 0 Å². The minimum atomic E-state index is 0.201. The molecule has 1 amide bonds. The summed E-state index contributed by atoms with van der Waals surface area (Å²) in [5.41, 5.74) is 8.99. The number of carbonyl (C=O) groups excluding carboxylic acids is 1. The van der Waals surface area contributed by atoms with E-state index in [1.54, 1.807) is 6.33 Å². The summed E-state index contributed by atoms with van der Waals surface area (Å²) in [6.45, 7) is 10.2. The van der Waals surface area contributed by atoms with E-state index < -0.39 is 0 Å². The predicted molar refractivity (Wildman–Crippen MR) is 131 cm³/mol. The van der Waals surface area contributed by atoms with Gasteiger partial charge in [0.2, 0.25) is 5.91 Å². The number of morpholine rings is 1. The molecule has 1 atom stereocenters. The molecule has 9 heteroatoms. The molecule has 5 rings (SSSR count). The number of aromatic nitrogens is 3. The Balaban J connectivity index is 0.000000318. The lowest BCUT2D eigenvalue weighted by atomic mass is 10.1. The van der Waals surface area contributed by atoms with Gasteiger partial charge in [-0.1, -0.05) is 36.8 Å². The van der Waals surface area contributed by atoms with Crippen LogP contribution in [-0.4, -0.2) is 59.4 Å². The Morgan fingerprint density at radius 3 is 2.76 bits per heavy atom. The van der Waals surface area contributed by atoms with Crippen molar-refractivity contribution in [3.05, 3.63) is 47.8 Å². The summed E-state index contributed by atoms with van der Waals surface area (Å²) in [4.78, 5) is 24.7. The molecule has 4 heterocycles. The summed E-state index contributed by atoms with van der Waals surface area (Å²) in [5.74, 6) is 1.44. The molecule has 0 saturated carbocycles. The third-order valence-electron chi connectivity index (χ3n) is 5.68. The van der Waals surface area contributed by atoms with Crippen LogP contribution in [0.1, 0.15) is 31.4 Å². The zero-order valence-electron chi connectivity index (χ0n) is 19.4. The maximum atomic E-state index is 10.3. The van der Waals surface area contributed by atoms with Crippen molar-refractivity contribution in [2.75, 3.05) is 43.2 Å². The number of nitrogens with one attached hydrogen (secondary N) is 3. The van der Waals surface area contributed by atoms with E-state index in [0.717, 1.165) is 61.7 Å². The molecule has 2 saturated heterocycles. The van der Waals surface area contributed by atoms with Gasteiger partial charge in [-0.3, -0.25) is 10.2 Å². The van der Waals surface area contributed by atoms with E-state index in [1.807, 2.05) is 19.1 Å². The summed E-state index contributed by atoms with van der Waals surface area (Å²) in [5, 5.41) is 7.24. The van der Waals surface area contributed by atoms with Crippen LogP contribution in [0.5, 0.6) is 0 Å². The van der Waals surface area contributed by atoms with Crippen molar-refractivity contribution < 1.29 is 9.53 Å². The average Bonchev–Trinajstić information content (AvgIpc) is 3.45. The molecule has 0 radical (unpaired) electrons. The van der Waals surface area contributed by atoms with Crippen LogP contribution in [-0.2, 0) is 9.53 Å². The fourth-order valence-electron chi connectivity index (χ4n) is 3.84. The van der Waals surface area contributed by atoms with Crippen LogP contribution >= 0.6 is 0 Å². The number of hydrogen-bond donors (Lipinski definition) is 3. The molecule has 0 bridgehead atoms. The van der Waals surface area contributed by atoms with Crippen LogP contribution < -0.4 is 15.6 Å². The number of carbonyl (C=O) groups is 1.